The van der Waals surface area contributed by atoms with E-state index >= 15 is 0 Å². The van der Waals surface area contributed by atoms with E-state index in [2.05, 4.69) is 25.9 Å². The summed E-state index contributed by atoms with van der Waals surface area (Å²) in [6.45, 7) is 0. The Balaban J connectivity index is 2.37. The summed E-state index contributed by atoms with van der Waals surface area (Å²) in [7, 11) is -3.49. The molecule has 0 aliphatic heterocycles. The maximum Gasteiger partial charge on any atom is 0.186 e. The average molecular weight is 328 g/mol. The Morgan fingerprint density at radius 3 is 2.50 bits per heavy atom. The van der Waals surface area contributed by atoms with E-state index in [1.807, 2.05) is 0 Å². The predicted octanol–water partition coefficient (Wildman–Crippen LogP) is 1.80. The van der Waals surface area contributed by atoms with Gasteiger partial charge in [-0.25, -0.2) is 18.4 Å². The van der Waals surface area contributed by atoms with Crippen LogP contribution in [0.5, 0.6) is 0 Å². The van der Waals surface area contributed by atoms with E-state index in [0.717, 1.165) is 0 Å². The highest BCUT2D eigenvalue weighted by Gasteiger charge is 2.19. The number of aromatic nitrogens is 2. The van der Waals surface area contributed by atoms with Crippen molar-refractivity contribution in [3.8, 4) is 0 Å². The quantitative estimate of drug-likeness (QED) is 0.868. The largest absolute Gasteiger partial charge is 0.399 e. The number of benzene rings is 1. The van der Waals surface area contributed by atoms with Crippen LogP contribution in [0.15, 0.2) is 46.0 Å². The number of rotatable bonds is 3. The van der Waals surface area contributed by atoms with Crippen LogP contribution >= 0.6 is 15.9 Å². The second-order valence-electron chi connectivity index (χ2n) is 3.61. The molecule has 0 radical (unpaired) electrons. The lowest BCUT2D eigenvalue weighted by Gasteiger charge is -2.06. The molecule has 18 heavy (non-hydrogen) atoms. The van der Waals surface area contributed by atoms with Crippen LogP contribution in [0.4, 0.5) is 5.69 Å². The Labute approximate surface area is 113 Å². The van der Waals surface area contributed by atoms with Crippen LogP contribution in [0, 0.1) is 0 Å². The van der Waals surface area contributed by atoms with Crippen molar-refractivity contribution in [1.29, 1.82) is 0 Å². The van der Waals surface area contributed by atoms with E-state index in [1.54, 1.807) is 18.2 Å². The monoisotopic (exact) mass is 327 g/mol. The molecule has 0 amide bonds. The van der Waals surface area contributed by atoms with Gasteiger partial charge < -0.3 is 5.73 Å². The molecule has 0 aliphatic carbocycles. The zero-order valence-electron chi connectivity index (χ0n) is 9.25. The summed E-state index contributed by atoms with van der Waals surface area (Å²) in [6, 6.07) is 6.20. The van der Waals surface area contributed by atoms with Gasteiger partial charge in [-0.2, -0.15) is 0 Å². The molecular weight excluding hydrogens is 318 g/mol. The summed E-state index contributed by atoms with van der Waals surface area (Å²) < 4.78 is 24.8. The molecular formula is C11H10BrN3O2S. The van der Waals surface area contributed by atoms with E-state index < -0.39 is 9.84 Å². The van der Waals surface area contributed by atoms with Crippen LogP contribution in [0.3, 0.4) is 0 Å². The number of nitrogens with zero attached hydrogens (tertiary/aromatic N) is 2. The molecule has 0 fully saturated rings. The SMILES string of the molecule is Nc1ccc(S(=O)(=O)Cc2ncccn2)c(Br)c1. The first-order valence-electron chi connectivity index (χ1n) is 5.03. The van der Waals surface area contributed by atoms with Crippen molar-refractivity contribution in [2.45, 2.75) is 10.6 Å². The van der Waals surface area contributed by atoms with Gasteiger partial charge in [0, 0.05) is 22.6 Å². The summed E-state index contributed by atoms with van der Waals surface area (Å²) >= 11 is 3.20. The smallest absolute Gasteiger partial charge is 0.186 e. The van der Waals surface area contributed by atoms with Crippen LogP contribution in [-0.2, 0) is 15.6 Å². The molecule has 5 nitrogen and oxygen atoms in total. The molecule has 0 bridgehead atoms. The van der Waals surface area contributed by atoms with E-state index in [1.165, 1.54) is 18.5 Å². The molecule has 1 aromatic carbocycles. The maximum absolute atomic E-state index is 12.2. The minimum absolute atomic E-state index is 0.184. The van der Waals surface area contributed by atoms with Crippen molar-refractivity contribution >= 4 is 31.5 Å². The Hall–Kier alpha value is -1.47. The van der Waals surface area contributed by atoms with Crippen molar-refractivity contribution in [3.63, 3.8) is 0 Å². The van der Waals surface area contributed by atoms with Gasteiger partial charge in [-0.15, -0.1) is 0 Å². The first-order chi connectivity index (χ1) is 8.49. The standard InChI is InChI=1S/C11H10BrN3O2S/c12-9-6-8(13)2-3-10(9)18(16,17)7-11-14-4-1-5-15-11/h1-6H,7,13H2. The lowest BCUT2D eigenvalue weighted by molar-refractivity contribution is 0.593. The van der Waals surface area contributed by atoms with Crippen LogP contribution in [0.2, 0.25) is 0 Å². The fraction of sp³-hybridized carbons (Fsp3) is 0.0909. The molecule has 7 heteroatoms. The summed E-state index contributed by atoms with van der Waals surface area (Å²) in [6.07, 6.45) is 3.02. The fourth-order valence-corrected chi connectivity index (χ4v) is 3.83. The number of nitrogen functional groups attached to an aromatic ring is 1. The van der Waals surface area contributed by atoms with Gasteiger partial charge in [-0.3, -0.25) is 0 Å². The third-order valence-electron chi connectivity index (χ3n) is 2.23. The van der Waals surface area contributed by atoms with Gasteiger partial charge in [-0.05, 0) is 40.2 Å². The average Bonchev–Trinajstić information content (AvgIpc) is 2.29. The molecule has 2 aromatic rings. The molecule has 0 unspecified atom stereocenters. The van der Waals surface area contributed by atoms with E-state index in [0.29, 0.717) is 10.2 Å². The summed E-state index contributed by atoms with van der Waals surface area (Å²) in [4.78, 5) is 8.00. The fourth-order valence-electron chi connectivity index (χ4n) is 1.42. The molecule has 0 atom stereocenters. The Morgan fingerprint density at radius 1 is 1.22 bits per heavy atom. The van der Waals surface area contributed by atoms with Crippen LogP contribution in [0.25, 0.3) is 0 Å². The minimum atomic E-state index is -3.49. The Bertz CT molecular complexity index is 659. The van der Waals surface area contributed by atoms with Crippen LogP contribution < -0.4 is 5.73 Å². The summed E-state index contributed by atoms with van der Waals surface area (Å²) in [5.74, 6) is 0.0253. The van der Waals surface area contributed by atoms with Crippen molar-refractivity contribution < 1.29 is 8.42 Å². The highest BCUT2D eigenvalue weighted by atomic mass is 79.9. The molecule has 94 valence electrons. The Kier molecular flexibility index (Phi) is 3.63. The number of hydrogen-bond donors (Lipinski definition) is 1. The number of sulfone groups is 1. The first-order valence-corrected chi connectivity index (χ1v) is 7.47. The molecule has 1 aromatic heterocycles. The van der Waals surface area contributed by atoms with Gasteiger partial charge in [0.05, 0.1) is 4.90 Å². The highest BCUT2D eigenvalue weighted by molar-refractivity contribution is 9.10. The normalized spacial score (nSPS) is 11.4. The summed E-state index contributed by atoms with van der Waals surface area (Å²) in [5.41, 5.74) is 6.07. The molecule has 0 spiro atoms. The predicted molar refractivity (Wildman–Crippen MR) is 71.5 cm³/mol. The van der Waals surface area contributed by atoms with Gasteiger partial charge >= 0.3 is 0 Å². The number of anilines is 1. The molecule has 1 heterocycles. The van der Waals surface area contributed by atoms with Gasteiger partial charge in [-0.1, -0.05) is 0 Å². The lowest BCUT2D eigenvalue weighted by atomic mass is 10.3. The molecule has 2 N–H and O–H groups in total. The van der Waals surface area contributed by atoms with Gasteiger partial charge in [0.2, 0.25) is 0 Å². The molecule has 2 rings (SSSR count). The zero-order valence-corrected chi connectivity index (χ0v) is 11.6. The van der Waals surface area contributed by atoms with Gasteiger partial charge in [0.15, 0.2) is 9.84 Å². The second kappa shape index (κ2) is 5.03. The van der Waals surface area contributed by atoms with Crippen molar-refractivity contribution in [1.82, 2.24) is 9.97 Å². The van der Waals surface area contributed by atoms with Crippen LogP contribution in [0.1, 0.15) is 5.82 Å². The number of nitrogens with two attached hydrogens (primary N) is 1. The van der Waals surface area contributed by atoms with E-state index in [-0.39, 0.29) is 16.5 Å². The first kappa shape index (κ1) is 13.0. The number of hydrogen-bond acceptors (Lipinski definition) is 5. The van der Waals surface area contributed by atoms with Gasteiger partial charge in [0.25, 0.3) is 0 Å². The van der Waals surface area contributed by atoms with Gasteiger partial charge in [0.1, 0.15) is 11.6 Å². The molecule has 0 saturated heterocycles. The van der Waals surface area contributed by atoms with E-state index in [9.17, 15) is 8.42 Å². The molecule has 0 saturated carbocycles. The molecule has 0 aliphatic rings. The summed E-state index contributed by atoms with van der Waals surface area (Å²) in [5, 5.41) is 0. The topological polar surface area (TPSA) is 85.9 Å². The number of halogens is 1. The third kappa shape index (κ3) is 2.85. The Morgan fingerprint density at radius 2 is 1.89 bits per heavy atom. The van der Waals surface area contributed by atoms with Crippen molar-refractivity contribution in [2.24, 2.45) is 0 Å². The van der Waals surface area contributed by atoms with Crippen LogP contribution in [-0.4, -0.2) is 18.4 Å². The van der Waals surface area contributed by atoms with E-state index in [4.69, 9.17) is 5.73 Å². The van der Waals surface area contributed by atoms with Crippen molar-refractivity contribution in [2.75, 3.05) is 5.73 Å². The minimum Gasteiger partial charge on any atom is -0.399 e. The second-order valence-corrected chi connectivity index (χ2v) is 6.43. The lowest BCUT2D eigenvalue weighted by Crippen LogP contribution is -2.08. The third-order valence-corrected chi connectivity index (χ3v) is 4.81. The highest BCUT2D eigenvalue weighted by Crippen LogP contribution is 2.26. The van der Waals surface area contributed by atoms with Crippen molar-refractivity contribution in [3.05, 3.63) is 47.0 Å². The zero-order chi connectivity index (χ0) is 13.2. The maximum atomic E-state index is 12.2.